The summed E-state index contributed by atoms with van der Waals surface area (Å²) in [7, 11) is -8.04. The Kier molecular flexibility index (Phi) is 6.70. The summed E-state index contributed by atoms with van der Waals surface area (Å²) in [5.74, 6) is -5.04. The number of nitrogens with one attached hydrogen (secondary N) is 2. The highest BCUT2D eigenvalue weighted by molar-refractivity contribution is 7.89. The molecule has 1 fully saturated rings. The zero-order valence-corrected chi connectivity index (χ0v) is 19.0. The first-order valence-electron chi connectivity index (χ1n) is 9.28. The topological polar surface area (TPSA) is 254 Å². The standard InChI is InChI=1S/C18H17N7O8S2/c19-18(29)24-23-14-13(15(26)22-9-1-5-11(6-2-9)34(20,30)31)16(27)25(17(14)28)10-3-7-12(8-4-10)35(21,32)33/h1-8,13H,(H,22,26)(H3,19,24,29)(H2,20,30,31)(H2,21,32,33)/b23-14+/t13-/m0/s1. The first-order valence-corrected chi connectivity index (χ1v) is 12.4. The normalized spacial score (nSPS) is 17.5. The van der Waals surface area contributed by atoms with Crippen LogP contribution in [-0.4, -0.2) is 46.3 Å². The number of sulfonamides is 2. The van der Waals surface area contributed by atoms with Crippen LogP contribution in [0.4, 0.5) is 16.2 Å². The lowest BCUT2D eigenvalue weighted by Gasteiger charge is -2.14. The van der Waals surface area contributed by atoms with Gasteiger partial charge >= 0.3 is 6.03 Å². The van der Waals surface area contributed by atoms with Crippen molar-refractivity contribution in [1.29, 1.82) is 0 Å². The Hall–Kier alpha value is -4.19. The molecule has 3 rings (SSSR count). The average Bonchev–Trinajstić information content (AvgIpc) is 3.00. The number of primary amides is 1. The number of imide groups is 1. The van der Waals surface area contributed by atoms with E-state index in [1.807, 2.05) is 0 Å². The Labute approximate surface area is 198 Å². The van der Waals surface area contributed by atoms with Gasteiger partial charge in [0.05, 0.1) is 15.5 Å². The Morgan fingerprint density at radius 3 is 1.80 bits per heavy atom. The molecule has 0 bridgehead atoms. The van der Waals surface area contributed by atoms with Gasteiger partial charge in [0.15, 0.2) is 5.92 Å². The lowest BCUT2D eigenvalue weighted by atomic mass is 10.0. The van der Waals surface area contributed by atoms with Crippen LogP contribution in [0.2, 0.25) is 0 Å². The second-order valence-electron chi connectivity index (χ2n) is 6.98. The summed E-state index contributed by atoms with van der Waals surface area (Å²) in [6.07, 6.45) is 0. The fourth-order valence-corrected chi connectivity index (χ4v) is 4.05. The van der Waals surface area contributed by atoms with Crippen LogP contribution >= 0.6 is 0 Å². The number of primary sulfonamides is 2. The average molecular weight is 524 g/mol. The monoisotopic (exact) mass is 523 g/mol. The number of hydrogen-bond donors (Lipinski definition) is 5. The van der Waals surface area contributed by atoms with Gasteiger partial charge < -0.3 is 11.1 Å². The molecule has 0 spiro atoms. The van der Waals surface area contributed by atoms with Gasteiger partial charge in [0.1, 0.15) is 5.71 Å². The number of urea groups is 1. The molecule has 2 aromatic rings. The van der Waals surface area contributed by atoms with Crippen LogP contribution in [0.15, 0.2) is 63.4 Å². The van der Waals surface area contributed by atoms with Crippen LogP contribution in [0.1, 0.15) is 0 Å². The fraction of sp³-hybridized carbons (Fsp3) is 0.0556. The van der Waals surface area contributed by atoms with E-state index < -0.39 is 55.4 Å². The predicted octanol–water partition coefficient (Wildman–Crippen LogP) is -1.87. The van der Waals surface area contributed by atoms with Crippen molar-refractivity contribution in [2.24, 2.45) is 27.0 Å². The van der Waals surface area contributed by atoms with Crippen molar-refractivity contribution in [2.45, 2.75) is 9.79 Å². The van der Waals surface area contributed by atoms with Crippen LogP contribution in [0.5, 0.6) is 0 Å². The largest absolute Gasteiger partial charge is 0.350 e. The first-order chi connectivity index (χ1) is 16.2. The second kappa shape index (κ2) is 9.22. The minimum Gasteiger partial charge on any atom is -0.350 e. The maximum Gasteiger partial charge on any atom is 0.332 e. The van der Waals surface area contributed by atoms with Crippen LogP contribution in [0, 0.1) is 5.92 Å². The molecule has 8 N–H and O–H groups in total. The molecule has 1 aliphatic rings. The van der Waals surface area contributed by atoms with Crippen molar-refractivity contribution in [3.05, 3.63) is 48.5 Å². The van der Waals surface area contributed by atoms with Crippen molar-refractivity contribution in [2.75, 3.05) is 10.2 Å². The maximum absolute atomic E-state index is 13.1. The molecule has 17 heteroatoms. The number of benzene rings is 2. The molecule has 184 valence electrons. The van der Waals surface area contributed by atoms with Crippen LogP contribution in [0.25, 0.3) is 0 Å². The third-order valence-electron chi connectivity index (χ3n) is 4.59. The van der Waals surface area contributed by atoms with E-state index in [0.29, 0.717) is 4.90 Å². The van der Waals surface area contributed by atoms with Crippen molar-refractivity contribution in [3.8, 4) is 0 Å². The highest BCUT2D eigenvalue weighted by Gasteiger charge is 2.50. The molecule has 1 atom stereocenters. The Balaban J connectivity index is 1.95. The zero-order chi connectivity index (χ0) is 26.1. The summed E-state index contributed by atoms with van der Waals surface area (Å²) < 4.78 is 45.7. The number of nitrogens with two attached hydrogens (primary N) is 3. The quantitative estimate of drug-likeness (QED) is 0.162. The lowest BCUT2D eigenvalue weighted by Crippen LogP contribution is -2.35. The maximum atomic E-state index is 13.1. The number of hydrazone groups is 1. The highest BCUT2D eigenvalue weighted by Crippen LogP contribution is 2.27. The van der Waals surface area contributed by atoms with Crippen molar-refractivity contribution < 1.29 is 36.0 Å². The van der Waals surface area contributed by atoms with Crippen LogP contribution in [-0.2, 0) is 34.4 Å². The predicted molar refractivity (Wildman–Crippen MR) is 120 cm³/mol. The number of carbonyl (C=O) groups excluding carboxylic acids is 4. The van der Waals surface area contributed by atoms with Gasteiger partial charge in [-0.15, -0.1) is 0 Å². The van der Waals surface area contributed by atoms with E-state index >= 15 is 0 Å². The number of anilines is 2. The molecule has 35 heavy (non-hydrogen) atoms. The van der Waals surface area contributed by atoms with E-state index in [4.69, 9.17) is 16.0 Å². The molecular formula is C18H17N7O8S2. The molecular weight excluding hydrogens is 506 g/mol. The molecule has 1 heterocycles. The van der Waals surface area contributed by atoms with E-state index in [-0.39, 0.29) is 21.2 Å². The Morgan fingerprint density at radius 1 is 0.857 bits per heavy atom. The number of rotatable bonds is 6. The van der Waals surface area contributed by atoms with Crippen LogP contribution in [0.3, 0.4) is 0 Å². The molecule has 0 aromatic heterocycles. The first kappa shape index (κ1) is 25.4. The number of hydrogen-bond acceptors (Lipinski definition) is 9. The van der Waals surface area contributed by atoms with E-state index in [9.17, 15) is 36.0 Å². The fourth-order valence-electron chi connectivity index (χ4n) is 3.02. The van der Waals surface area contributed by atoms with Gasteiger partial charge in [-0.25, -0.2) is 42.2 Å². The number of carbonyl (C=O) groups is 4. The second-order valence-corrected chi connectivity index (χ2v) is 10.1. The van der Waals surface area contributed by atoms with E-state index in [1.165, 1.54) is 12.1 Å². The van der Waals surface area contributed by atoms with Gasteiger partial charge in [0.25, 0.3) is 11.8 Å². The summed E-state index contributed by atoms with van der Waals surface area (Å²) in [5.41, 5.74) is 6.01. The third kappa shape index (κ3) is 5.49. The molecule has 0 saturated carbocycles. The van der Waals surface area contributed by atoms with E-state index in [2.05, 4.69) is 10.4 Å². The van der Waals surface area contributed by atoms with Gasteiger partial charge in [0.2, 0.25) is 26.0 Å². The summed E-state index contributed by atoms with van der Waals surface area (Å²) in [6, 6.07) is 7.75. The van der Waals surface area contributed by atoms with E-state index in [0.717, 1.165) is 36.4 Å². The lowest BCUT2D eigenvalue weighted by molar-refractivity contribution is -0.127. The van der Waals surface area contributed by atoms with Crippen molar-refractivity contribution >= 4 is 60.9 Å². The minimum atomic E-state index is -4.05. The molecule has 5 amide bonds. The van der Waals surface area contributed by atoms with Gasteiger partial charge in [-0.2, -0.15) is 5.10 Å². The number of amides is 5. The zero-order valence-electron chi connectivity index (χ0n) is 17.4. The highest BCUT2D eigenvalue weighted by atomic mass is 32.2. The molecule has 1 saturated heterocycles. The molecule has 1 aliphatic heterocycles. The van der Waals surface area contributed by atoms with Gasteiger partial charge in [-0.1, -0.05) is 0 Å². The smallest absolute Gasteiger partial charge is 0.332 e. The van der Waals surface area contributed by atoms with Gasteiger partial charge in [0, 0.05) is 5.69 Å². The molecule has 15 nitrogen and oxygen atoms in total. The summed E-state index contributed by atoms with van der Waals surface area (Å²) in [4.78, 5) is 50.0. The van der Waals surface area contributed by atoms with E-state index in [1.54, 1.807) is 5.43 Å². The number of nitrogens with zero attached hydrogens (tertiary/aromatic N) is 2. The SMILES string of the molecule is NC(=O)N/N=C1/C(=O)N(c2ccc(S(N)(=O)=O)cc2)C(=O)[C@@H]1C(=O)Nc1ccc(S(N)(=O)=O)cc1. The Bertz CT molecular complexity index is 1470. The molecule has 0 aliphatic carbocycles. The molecule has 0 unspecified atom stereocenters. The van der Waals surface area contributed by atoms with Crippen molar-refractivity contribution in [3.63, 3.8) is 0 Å². The summed E-state index contributed by atoms with van der Waals surface area (Å²) >= 11 is 0. The van der Waals surface area contributed by atoms with Gasteiger partial charge in [-0.3, -0.25) is 14.4 Å². The molecule has 2 aromatic carbocycles. The molecule has 0 radical (unpaired) electrons. The minimum absolute atomic E-state index is 0.0563. The van der Waals surface area contributed by atoms with Crippen LogP contribution < -0.4 is 31.7 Å². The van der Waals surface area contributed by atoms with Gasteiger partial charge in [-0.05, 0) is 48.5 Å². The summed E-state index contributed by atoms with van der Waals surface area (Å²) in [6.45, 7) is 0. The Morgan fingerprint density at radius 2 is 1.34 bits per heavy atom. The van der Waals surface area contributed by atoms with Crippen molar-refractivity contribution in [1.82, 2.24) is 5.43 Å². The summed E-state index contributed by atoms with van der Waals surface area (Å²) in [5, 5.41) is 15.9. The third-order valence-corrected chi connectivity index (χ3v) is 6.44.